The number of rotatable bonds is 7. The van der Waals surface area contributed by atoms with Crippen molar-refractivity contribution in [1.29, 1.82) is 0 Å². The van der Waals surface area contributed by atoms with Crippen LogP contribution >= 0.6 is 0 Å². The van der Waals surface area contributed by atoms with E-state index in [1.165, 1.54) is 0 Å². The Morgan fingerprint density at radius 3 is 2.00 bits per heavy atom. The van der Waals surface area contributed by atoms with Crippen LogP contribution in [0.3, 0.4) is 0 Å². The first-order valence-corrected chi connectivity index (χ1v) is 6.11. The molecule has 0 bridgehead atoms. The molecule has 0 aromatic carbocycles. The van der Waals surface area contributed by atoms with Gasteiger partial charge in [0, 0.05) is 12.1 Å². The number of carbonyl (C=O) groups is 1. The Morgan fingerprint density at radius 2 is 1.60 bits per heavy atom. The van der Waals surface area contributed by atoms with Gasteiger partial charge in [-0.25, -0.2) is 0 Å². The molecule has 0 rings (SSSR count). The van der Waals surface area contributed by atoms with Gasteiger partial charge in [0.05, 0.1) is 6.04 Å². The lowest BCUT2D eigenvalue weighted by molar-refractivity contribution is -0.123. The van der Waals surface area contributed by atoms with Crippen molar-refractivity contribution in [3.05, 3.63) is 0 Å². The fourth-order valence-corrected chi connectivity index (χ4v) is 1.42. The first kappa shape index (κ1) is 14.4. The van der Waals surface area contributed by atoms with E-state index < -0.39 is 0 Å². The molecule has 0 saturated carbocycles. The van der Waals surface area contributed by atoms with Crippen LogP contribution < -0.4 is 10.6 Å². The van der Waals surface area contributed by atoms with Gasteiger partial charge < -0.3 is 10.6 Å². The van der Waals surface area contributed by atoms with E-state index in [0.29, 0.717) is 6.04 Å². The highest BCUT2D eigenvalue weighted by Gasteiger charge is 2.16. The van der Waals surface area contributed by atoms with Gasteiger partial charge in [0.15, 0.2) is 0 Å². The molecule has 3 heteroatoms. The molecule has 0 aromatic heterocycles. The molecule has 0 aliphatic carbocycles. The quantitative estimate of drug-likeness (QED) is 0.681. The molecule has 2 N–H and O–H groups in total. The van der Waals surface area contributed by atoms with Gasteiger partial charge in [-0.3, -0.25) is 4.79 Å². The van der Waals surface area contributed by atoms with E-state index in [1.54, 1.807) is 0 Å². The van der Waals surface area contributed by atoms with E-state index in [0.717, 1.165) is 19.3 Å². The Bertz CT molecular complexity index is 178. The maximum Gasteiger partial charge on any atom is 0.237 e. The van der Waals surface area contributed by atoms with E-state index in [-0.39, 0.29) is 18.0 Å². The van der Waals surface area contributed by atoms with Crippen molar-refractivity contribution in [2.75, 3.05) is 0 Å². The maximum atomic E-state index is 11.7. The van der Waals surface area contributed by atoms with Gasteiger partial charge in [-0.15, -0.1) is 0 Å². The molecule has 0 aromatic rings. The third kappa shape index (κ3) is 5.78. The predicted octanol–water partition coefficient (Wildman–Crippen LogP) is 2.07. The Morgan fingerprint density at radius 1 is 1.07 bits per heavy atom. The second-order valence-corrected chi connectivity index (χ2v) is 4.22. The smallest absolute Gasteiger partial charge is 0.237 e. The summed E-state index contributed by atoms with van der Waals surface area (Å²) in [6.45, 7) is 10.3. The van der Waals surface area contributed by atoms with Crippen molar-refractivity contribution in [3.8, 4) is 0 Å². The molecular formula is C12H26N2O. The fraction of sp³-hybridized carbons (Fsp3) is 0.917. The first-order chi connectivity index (χ1) is 7.04. The van der Waals surface area contributed by atoms with Gasteiger partial charge in [0.1, 0.15) is 0 Å². The number of amides is 1. The predicted molar refractivity (Wildman–Crippen MR) is 64.9 cm³/mol. The average Bonchev–Trinajstić information content (AvgIpc) is 2.24. The maximum absolute atomic E-state index is 11.7. The molecule has 0 aliphatic heterocycles. The van der Waals surface area contributed by atoms with Crippen molar-refractivity contribution >= 4 is 5.91 Å². The topological polar surface area (TPSA) is 41.1 Å². The summed E-state index contributed by atoms with van der Waals surface area (Å²) in [6, 6.07) is 0.620. The lowest BCUT2D eigenvalue weighted by Gasteiger charge is -2.22. The second kappa shape index (κ2) is 7.69. The summed E-state index contributed by atoms with van der Waals surface area (Å²) >= 11 is 0. The van der Waals surface area contributed by atoms with Crippen LogP contribution in [0.5, 0.6) is 0 Å². The molecule has 90 valence electrons. The molecule has 0 saturated heterocycles. The van der Waals surface area contributed by atoms with Crippen LogP contribution in [0.4, 0.5) is 0 Å². The zero-order valence-corrected chi connectivity index (χ0v) is 10.8. The molecular weight excluding hydrogens is 188 g/mol. The number of hydrogen-bond donors (Lipinski definition) is 2. The van der Waals surface area contributed by atoms with Crippen LogP contribution in [0.25, 0.3) is 0 Å². The minimum atomic E-state index is -0.0936. The van der Waals surface area contributed by atoms with E-state index in [4.69, 9.17) is 0 Å². The van der Waals surface area contributed by atoms with E-state index in [1.807, 2.05) is 13.8 Å². The first-order valence-electron chi connectivity index (χ1n) is 6.11. The summed E-state index contributed by atoms with van der Waals surface area (Å²) < 4.78 is 0. The fourth-order valence-electron chi connectivity index (χ4n) is 1.42. The normalized spacial score (nSPS) is 15.1. The van der Waals surface area contributed by atoms with Crippen molar-refractivity contribution in [1.82, 2.24) is 10.6 Å². The van der Waals surface area contributed by atoms with Crippen LogP contribution in [0.2, 0.25) is 0 Å². The summed E-state index contributed by atoms with van der Waals surface area (Å²) in [5, 5.41) is 6.31. The van der Waals surface area contributed by atoms with Crippen LogP contribution in [-0.4, -0.2) is 24.0 Å². The monoisotopic (exact) mass is 214 g/mol. The zero-order valence-electron chi connectivity index (χ0n) is 10.8. The Labute approximate surface area is 94.0 Å². The van der Waals surface area contributed by atoms with Gasteiger partial charge in [-0.05, 0) is 33.1 Å². The van der Waals surface area contributed by atoms with Crippen LogP contribution in [0.15, 0.2) is 0 Å². The van der Waals surface area contributed by atoms with Gasteiger partial charge >= 0.3 is 0 Å². The lowest BCUT2D eigenvalue weighted by atomic mass is 10.1. The van der Waals surface area contributed by atoms with Crippen molar-refractivity contribution < 1.29 is 4.79 Å². The molecule has 3 nitrogen and oxygen atoms in total. The summed E-state index contributed by atoms with van der Waals surface area (Å²) in [6.07, 6.45) is 3.11. The highest BCUT2D eigenvalue weighted by Crippen LogP contribution is 1.99. The minimum absolute atomic E-state index is 0.0936. The summed E-state index contributed by atoms with van der Waals surface area (Å²) in [7, 11) is 0. The molecule has 0 fully saturated rings. The highest BCUT2D eigenvalue weighted by atomic mass is 16.2. The molecule has 1 amide bonds. The van der Waals surface area contributed by atoms with E-state index in [2.05, 4.69) is 31.4 Å². The largest absolute Gasteiger partial charge is 0.352 e. The molecule has 15 heavy (non-hydrogen) atoms. The summed E-state index contributed by atoms with van der Waals surface area (Å²) in [5.41, 5.74) is 0. The minimum Gasteiger partial charge on any atom is -0.352 e. The van der Waals surface area contributed by atoms with E-state index >= 15 is 0 Å². The highest BCUT2D eigenvalue weighted by molar-refractivity contribution is 5.81. The van der Waals surface area contributed by atoms with Crippen LogP contribution in [0, 0.1) is 0 Å². The van der Waals surface area contributed by atoms with Crippen molar-refractivity contribution in [2.24, 2.45) is 0 Å². The molecule has 0 radical (unpaired) electrons. The van der Waals surface area contributed by atoms with Gasteiger partial charge in [0.25, 0.3) is 0 Å². The Balaban J connectivity index is 3.97. The lowest BCUT2D eigenvalue weighted by Crippen LogP contribution is -2.48. The van der Waals surface area contributed by atoms with Crippen molar-refractivity contribution in [2.45, 2.75) is 72.0 Å². The number of carbonyl (C=O) groups excluding carboxylic acids is 1. The van der Waals surface area contributed by atoms with Gasteiger partial charge in [-0.2, -0.15) is 0 Å². The molecule has 0 heterocycles. The van der Waals surface area contributed by atoms with Crippen molar-refractivity contribution in [3.63, 3.8) is 0 Å². The molecule has 2 atom stereocenters. The molecule has 0 spiro atoms. The Hall–Kier alpha value is -0.570. The Kier molecular flexibility index (Phi) is 7.39. The third-order valence-electron chi connectivity index (χ3n) is 2.87. The zero-order chi connectivity index (χ0) is 11.8. The number of nitrogens with one attached hydrogen (secondary N) is 2. The standard InChI is InChI=1S/C12H26N2O/c1-6-9(4)13-12(15)10(5)14-11(7-2)8-3/h9-11,14H,6-8H2,1-5H3,(H,13,15). The second-order valence-electron chi connectivity index (χ2n) is 4.22. The van der Waals surface area contributed by atoms with Crippen LogP contribution in [-0.2, 0) is 4.79 Å². The summed E-state index contributed by atoms with van der Waals surface area (Å²) in [4.78, 5) is 11.7. The third-order valence-corrected chi connectivity index (χ3v) is 2.87. The molecule has 2 unspecified atom stereocenters. The SMILES string of the molecule is CCC(C)NC(=O)C(C)NC(CC)CC. The number of hydrogen-bond acceptors (Lipinski definition) is 2. The van der Waals surface area contributed by atoms with Gasteiger partial charge in [-0.1, -0.05) is 20.8 Å². The van der Waals surface area contributed by atoms with Crippen LogP contribution in [0.1, 0.15) is 53.9 Å². The van der Waals surface area contributed by atoms with Gasteiger partial charge in [0.2, 0.25) is 5.91 Å². The average molecular weight is 214 g/mol. The van der Waals surface area contributed by atoms with E-state index in [9.17, 15) is 4.79 Å². The summed E-state index contributed by atoms with van der Waals surface area (Å²) in [5.74, 6) is 0.108. The molecule has 0 aliphatic rings.